The number of hydrogen-bond donors (Lipinski definition) is 3. The normalized spacial score (nSPS) is 17.5. The molecule has 1 aliphatic carbocycles. The van der Waals surface area contributed by atoms with Gasteiger partial charge in [0.1, 0.15) is 0 Å². The van der Waals surface area contributed by atoms with E-state index in [1.165, 1.54) is 5.56 Å². The highest BCUT2D eigenvalue weighted by atomic mass is 16.5. The Balaban J connectivity index is 1.19. The lowest BCUT2D eigenvalue weighted by molar-refractivity contribution is -0.138. The van der Waals surface area contributed by atoms with E-state index < -0.39 is 11.9 Å². The number of carbonyl (C=O) groups is 3. The molecule has 1 aromatic heterocycles. The van der Waals surface area contributed by atoms with Crippen LogP contribution in [0.25, 0.3) is 11.5 Å². The van der Waals surface area contributed by atoms with Gasteiger partial charge in [-0.15, -0.1) is 0 Å². The molecule has 1 aliphatic rings. The molecule has 0 aliphatic heterocycles. The smallest absolute Gasteiger partial charge is 0.303 e. The first kappa shape index (κ1) is 24.1. The summed E-state index contributed by atoms with van der Waals surface area (Å²) in [5.74, 6) is -0.583. The molecular weight excluding hydrogens is 448 g/mol. The van der Waals surface area contributed by atoms with Crippen LogP contribution >= 0.6 is 0 Å². The summed E-state index contributed by atoms with van der Waals surface area (Å²) in [6, 6.07) is 16.9. The zero-order valence-electron chi connectivity index (χ0n) is 19.3. The molecule has 0 spiro atoms. The SMILES string of the molecule is O=C(O)CC1CCC(c2ccc(NC(=O)CCNC(=O)c3noc(-c4ccccc4)n3)cc2)CC1. The largest absolute Gasteiger partial charge is 0.481 e. The number of hydrogen-bond acceptors (Lipinski definition) is 6. The van der Waals surface area contributed by atoms with Crippen molar-refractivity contribution in [1.82, 2.24) is 15.5 Å². The second-order valence-corrected chi connectivity index (χ2v) is 8.78. The van der Waals surface area contributed by atoms with Crippen LogP contribution in [0.3, 0.4) is 0 Å². The number of carboxylic acids is 1. The van der Waals surface area contributed by atoms with Crippen molar-refractivity contribution in [3.63, 3.8) is 0 Å². The molecule has 35 heavy (non-hydrogen) atoms. The van der Waals surface area contributed by atoms with Crippen molar-refractivity contribution in [2.75, 3.05) is 11.9 Å². The maximum Gasteiger partial charge on any atom is 0.303 e. The molecule has 3 aromatic rings. The molecule has 1 saturated carbocycles. The molecule has 2 amide bonds. The number of aromatic nitrogens is 2. The van der Waals surface area contributed by atoms with Gasteiger partial charge in [-0.25, -0.2) is 0 Å². The average molecular weight is 477 g/mol. The molecule has 0 atom stereocenters. The third kappa shape index (κ3) is 6.75. The Morgan fingerprint density at radius 2 is 1.69 bits per heavy atom. The van der Waals surface area contributed by atoms with E-state index in [1.807, 2.05) is 42.5 Å². The fourth-order valence-electron chi connectivity index (χ4n) is 4.39. The molecule has 2 aromatic carbocycles. The first-order valence-corrected chi connectivity index (χ1v) is 11.8. The molecule has 9 nitrogen and oxygen atoms in total. The van der Waals surface area contributed by atoms with E-state index in [-0.39, 0.29) is 42.9 Å². The lowest BCUT2D eigenvalue weighted by Gasteiger charge is -2.28. The van der Waals surface area contributed by atoms with Crippen LogP contribution in [-0.2, 0) is 9.59 Å². The van der Waals surface area contributed by atoms with Crippen LogP contribution in [0.15, 0.2) is 59.1 Å². The third-order valence-electron chi connectivity index (χ3n) is 6.26. The van der Waals surface area contributed by atoms with E-state index in [2.05, 4.69) is 20.8 Å². The maximum atomic E-state index is 12.3. The number of carbonyl (C=O) groups excluding carboxylic acids is 2. The van der Waals surface area contributed by atoms with Crippen molar-refractivity contribution in [3.8, 4) is 11.5 Å². The molecule has 9 heteroatoms. The van der Waals surface area contributed by atoms with Crippen LogP contribution in [0, 0.1) is 5.92 Å². The minimum absolute atomic E-state index is 0.0863. The number of aliphatic carboxylic acids is 1. The van der Waals surface area contributed by atoms with Crippen LogP contribution in [0.2, 0.25) is 0 Å². The molecule has 3 N–H and O–H groups in total. The third-order valence-corrected chi connectivity index (χ3v) is 6.26. The van der Waals surface area contributed by atoms with Gasteiger partial charge in [-0.05, 0) is 67.3 Å². The van der Waals surface area contributed by atoms with E-state index in [0.717, 1.165) is 31.2 Å². The van der Waals surface area contributed by atoms with E-state index in [4.69, 9.17) is 9.63 Å². The number of rotatable bonds is 9. The number of carboxylic acid groups (broad SMARTS) is 1. The molecular formula is C26H28N4O5. The first-order chi connectivity index (χ1) is 17.0. The molecule has 0 unspecified atom stereocenters. The van der Waals surface area contributed by atoms with E-state index in [0.29, 0.717) is 11.6 Å². The Hall–Kier alpha value is -4.01. The van der Waals surface area contributed by atoms with Crippen LogP contribution in [-0.4, -0.2) is 39.6 Å². The van der Waals surface area contributed by atoms with Crippen molar-refractivity contribution in [3.05, 3.63) is 66.0 Å². The number of nitrogens with one attached hydrogen (secondary N) is 2. The molecule has 182 valence electrons. The van der Waals surface area contributed by atoms with Gasteiger partial charge in [-0.3, -0.25) is 14.4 Å². The van der Waals surface area contributed by atoms with Gasteiger partial charge < -0.3 is 20.3 Å². The van der Waals surface area contributed by atoms with Crippen molar-refractivity contribution in [2.45, 2.75) is 44.4 Å². The van der Waals surface area contributed by atoms with Crippen LogP contribution in [0.5, 0.6) is 0 Å². The van der Waals surface area contributed by atoms with Gasteiger partial charge in [-0.1, -0.05) is 35.5 Å². The van der Waals surface area contributed by atoms with Crippen molar-refractivity contribution in [1.29, 1.82) is 0 Å². The Kier molecular flexibility index (Phi) is 7.87. The van der Waals surface area contributed by atoms with Crippen LogP contribution in [0.1, 0.15) is 60.6 Å². The van der Waals surface area contributed by atoms with Crippen molar-refractivity contribution >= 4 is 23.5 Å². The second kappa shape index (κ2) is 11.4. The quantitative estimate of drug-likeness (QED) is 0.420. The van der Waals surface area contributed by atoms with Crippen LogP contribution < -0.4 is 10.6 Å². The van der Waals surface area contributed by atoms with Gasteiger partial charge in [0.2, 0.25) is 5.91 Å². The summed E-state index contributed by atoms with van der Waals surface area (Å²) >= 11 is 0. The number of anilines is 1. The number of nitrogens with zero attached hydrogens (tertiary/aromatic N) is 2. The van der Waals surface area contributed by atoms with Gasteiger partial charge in [-0.2, -0.15) is 4.98 Å². The van der Waals surface area contributed by atoms with Crippen molar-refractivity contribution < 1.29 is 24.0 Å². The summed E-state index contributed by atoms with van der Waals surface area (Å²) in [7, 11) is 0. The predicted molar refractivity (Wildman–Crippen MR) is 129 cm³/mol. The summed E-state index contributed by atoms with van der Waals surface area (Å²) in [6.07, 6.45) is 4.18. The molecule has 4 rings (SSSR count). The summed E-state index contributed by atoms with van der Waals surface area (Å²) in [6.45, 7) is 0.136. The molecule has 0 saturated heterocycles. The highest BCUT2D eigenvalue weighted by Gasteiger charge is 2.24. The minimum Gasteiger partial charge on any atom is -0.481 e. The highest BCUT2D eigenvalue weighted by Crippen LogP contribution is 2.37. The molecule has 1 heterocycles. The lowest BCUT2D eigenvalue weighted by atomic mass is 9.77. The van der Waals surface area contributed by atoms with Gasteiger partial charge in [0, 0.05) is 30.6 Å². The van der Waals surface area contributed by atoms with E-state index in [9.17, 15) is 14.4 Å². The second-order valence-electron chi connectivity index (χ2n) is 8.78. The molecule has 1 fully saturated rings. The fourth-order valence-corrected chi connectivity index (χ4v) is 4.39. The summed E-state index contributed by atoms with van der Waals surface area (Å²) in [5, 5.41) is 18.1. The van der Waals surface area contributed by atoms with Gasteiger partial charge in [0.25, 0.3) is 17.6 Å². The lowest BCUT2D eigenvalue weighted by Crippen LogP contribution is -2.28. The van der Waals surface area contributed by atoms with Crippen LogP contribution in [0.4, 0.5) is 5.69 Å². The topological polar surface area (TPSA) is 134 Å². The first-order valence-electron chi connectivity index (χ1n) is 11.8. The fraction of sp³-hybridized carbons (Fsp3) is 0.346. The number of benzene rings is 2. The van der Waals surface area contributed by atoms with Crippen molar-refractivity contribution in [2.24, 2.45) is 5.92 Å². The number of amides is 2. The molecule has 0 bridgehead atoms. The Bertz CT molecular complexity index is 1150. The predicted octanol–water partition coefficient (Wildman–Crippen LogP) is 4.24. The molecule has 0 radical (unpaired) electrons. The van der Waals surface area contributed by atoms with Gasteiger partial charge in [0.15, 0.2) is 0 Å². The van der Waals surface area contributed by atoms with Gasteiger partial charge >= 0.3 is 5.97 Å². The van der Waals surface area contributed by atoms with E-state index >= 15 is 0 Å². The summed E-state index contributed by atoms with van der Waals surface area (Å²) < 4.78 is 5.13. The Labute approximate surface area is 202 Å². The highest BCUT2D eigenvalue weighted by molar-refractivity contribution is 5.93. The van der Waals surface area contributed by atoms with E-state index in [1.54, 1.807) is 12.1 Å². The van der Waals surface area contributed by atoms with Gasteiger partial charge in [0.05, 0.1) is 0 Å². The monoisotopic (exact) mass is 476 g/mol. The standard InChI is InChI=1S/C26H28N4O5/c31-22(14-15-27-25(34)24-29-26(35-30-24)20-4-2-1-3-5-20)28-21-12-10-19(11-13-21)18-8-6-17(7-9-18)16-23(32)33/h1-5,10-13,17-18H,6-9,14-16H2,(H,27,34)(H,28,31)(H,32,33). The Morgan fingerprint density at radius 3 is 2.37 bits per heavy atom. The zero-order chi connectivity index (χ0) is 24.6. The summed E-state index contributed by atoms with van der Waals surface area (Å²) in [4.78, 5) is 39.5. The Morgan fingerprint density at radius 1 is 0.971 bits per heavy atom. The summed E-state index contributed by atoms with van der Waals surface area (Å²) in [5.41, 5.74) is 2.62. The average Bonchev–Trinajstić information content (AvgIpc) is 3.36. The zero-order valence-corrected chi connectivity index (χ0v) is 19.3. The maximum absolute atomic E-state index is 12.3. The minimum atomic E-state index is -0.722.